The number of halogens is 3. The first-order valence-corrected chi connectivity index (χ1v) is 9.42. The Morgan fingerprint density at radius 1 is 1.31 bits per heavy atom. The van der Waals surface area contributed by atoms with Crippen molar-refractivity contribution in [1.82, 2.24) is 4.98 Å². The van der Waals surface area contributed by atoms with Crippen molar-refractivity contribution >= 4 is 69.0 Å². The van der Waals surface area contributed by atoms with E-state index in [0.717, 1.165) is 23.0 Å². The Hall–Kier alpha value is -1.58. The number of rotatable bonds is 5. The molecule has 2 aromatic rings. The molecule has 3 rings (SSSR count). The van der Waals surface area contributed by atoms with Crippen LogP contribution >= 0.6 is 46.1 Å². The van der Waals surface area contributed by atoms with Crippen LogP contribution in [0.4, 0.5) is 10.7 Å². The van der Waals surface area contributed by atoms with Gasteiger partial charge in [-0.05, 0) is 12.1 Å². The van der Waals surface area contributed by atoms with Crippen molar-refractivity contribution in [1.29, 1.82) is 0 Å². The molecule has 1 aliphatic rings. The quantitative estimate of drug-likeness (QED) is 0.418. The topological polar surface area (TPSA) is 87.0 Å². The number of pyridine rings is 1. The van der Waals surface area contributed by atoms with Gasteiger partial charge in [0.15, 0.2) is 10.8 Å². The summed E-state index contributed by atoms with van der Waals surface area (Å²) in [6, 6.07) is 3.95. The molecule has 3 heterocycles. The average molecular weight is 436 g/mol. The van der Waals surface area contributed by atoms with E-state index < -0.39 is 11.7 Å². The summed E-state index contributed by atoms with van der Waals surface area (Å²) in [4.78, 5) is 18.0. The molecule has 2 aromatic heterocycles. The first kappa shape index (κ1) is 19.2. The van der Waals surface area contributed by atoms with E-state index in [-0.39, 0.29) is 20.9 Å². The molecule has 11 heteroatoms. The molecular formula is C15H13Cl3N4O3S. The van der Waals surface area contributed by atoms with Gasteiger partial charge in [-0.2, -0.15) is 5.10 Å². The Kier molecular flexibility index (Phi) is 6.20. The molecular weight excluding hydrogens is 423 g/mol. The minimum Gasteiger partial charge on any atom is -0.476 e. The van der Waals surface area contributed by atoms with Crippen molar-refractivity contribution in [2.75, 3.05) is 36.6 Å². The number of carbonyl (C=O) groups is 1. The van der Waals surface area contributed by atoms with Crippen LogP contribution in [0.1, 0.15) is 15.4 Å². The van der Waals surface area contributed by atoms with Gasteiger partial charge in [-0.1, -0.05) is 34.8 Å². The third-order valence-corrected chi connectivity index (χ3v) is 5.73. The Labute approximate surface area is 168 Å². The number of hydrogen-bond acceptors (Lipinski definition) is 7. The second-order valence-electron chi connectivity index (χ2n) is 5.20. The number of hydrogen-bond donors (Lipinski definition) is 2. The van der Waals surface area contributed by atoms with Crippen LogP contribution < -0.4 is 10.3 Å². The zero-order valence-electron chi connectivity index (χ0n) is 13.2. The molecule has 0 amide bonds. The SMILES string of the molecule is O=C(O)c1nc(Cl)c(Cl)c(NN=Cc2ccc(N3CCOCC3)s2)c1Cl. The number of aromatic carboxylic acids is 1. The first-order chi connectivity index (χ1) is 12.5. The van der Waals surface area contributed by atoms with Crippen molar-refractivity contribution in [3.05, 3.63) is 37.9 Å². The number of nitrogens with one attached hydrogen (secondary N) is 1. The highest BCUT2D eigenvalue weighted by Crippen LogP contribution is 2.37. The predicted octanol–water partition coefficient (Wildman–Crippen LogP) is 4.08. The van der Waals surface area contributed by atoms with Gasteiger partial charge < -0.3 is 14.7 Å². The van der Waals surface area contributed by atoms with E-state index in [9.17, 15) is 4.79 Å². The van der Waals surface area contributed by atoms with Gasteiger partial charge >= 0.3 is 5.97 Å². The van der Waals surface area contributed by atoms with Crippen LogP contribution in [0.15, 0.2) is 17.2 Å². The minimum atomic E-state index is -1.31. The second kappa shape index (κ2) is 8.41. The third-order valence-electron chi connectivity index (χ3n) is 3.54. The lowest BCUT2D eigenvalue weighted by Crippen LogP contribution is -2.35. The number of carboxylic acids is 1. The van der Waals surface area contributed by atoms with Gasteiger partial charge in [0, 0.05) is 18.0 Å². The van der Waals surface area contributed by atoms with E-state index in [4.69, 9.17) is 44.6 Å². The minimum absolute atomic E-state index is 0.000924. The molecule has 0 radical (unpaired) electrons. The summed E-state index contributed by atoms with van der Waals surface area (Å²) in [6.07, 6.45) is 1.59. The molecule has 2 N–H and O–H groups in total. The highest BCUT2D eigenvalue weighted by molar-refractivity contribution is 7.17. The average Bonchev–Trinajstić information content (AvgIpc) is 3.10. The van der Waals surface area contributed by atoms with Gasteiger partial charge in [-0.15, -0.1) is 11.3 Å². The molecule has 0 spiro atoms. The molecule has 0 atom stereocenters. The van der Waals surface area contributed by atoms with Crippen LogP contribution in [0.25, 0.3) is 0 Å². The summed E-state index contributed by atoms with van der Waals surface area (Å²) in [6.45, 7) is 3.14. The van der Waals surface area contributed by atoms with Crippen molar-refractivity contribution in [3.63, 3.8) is 0 Å². The maximum absolute atomic E-state index is 11.2. The summed E-state index contributed by atoms with van der Waals surface area (Å²) in [5.41, 5.74) is 2.34. The Balaban J connectivity index is 1.75. The van der Waals surface area contributed by atoms with Crippen molar-refractivity contribution < 1.29 is 14.6 Å². The van der Waals surface area contributed by atoms with Crippen LogP contribution in [0.2, 0.25) is 15.2 Å². The first-order valence-electron chi connectivity index (χ1n) is 7.46. The standard InChI is InChI=1S/C15H13Cl3N4O3S/c16-10-12(11(17)14(18)20-13(10)15(23)24)21-19-7-8-1-2-9(26-8)22-3-5-25-6-4-22/h1-2,7H,3-6H2,(H,20,21)(H,23,24). The molecule has 138 valence electrons. The van der Waals surface area contributed by atoms with Crippen molar-refractivity contribution in [2.24, 2.45) is 5.10 Å². The summed E-state index contributed by atoms with van der Waals surface area (Å²) in [7, 11) is 0. The summed E-state index contributed by atoms with van der Waals surface area (Å²) >= 11 is 19.5. The number of nitrogens with zero attached hydrogens (tertiary/aromatic N) is 3. The highest BCUT2D eigenvalue weighted by Gasteiger charge is 2.20. The molecule has 1 aliphatic heterocycles. The molecule has 0 unspecified atom stereocenters. The summed E-state index contributed by atoms with van der Waals surface area (Å²) < 4.78 is 5.34. The number of morpholine rings is 1. The Bertz CT molecular complexity index is 853. The van der Waals surface area contributed by atoms with Crippen molar-refractivity contribution in [3.8, 4) is 0 Å². The monoisotopic (exact) mass is 434 g/mol. The van der Waals surface area contributed by atoms with E-state index in [1.54, 1.807) is 17.6 Å². The number of ether oxygens (including phenoxy) is 1. The zero-order chi connectivity index (χ0) is 18.7. The fourth-order valence-electron chi connectivity index (χ4n) is 2.28. The van der Waals surface area contributed by atoms with Gasteiger partial charge in [-0.25, -0.2) is 9.78 Å². The normalized spacial score (nSPS) is 14.8. The molecule has 1 fully saturated rings. The van der Waals surface area contributed by atoms with Crippen molar-refractivity contribution in [2.45, 2.75) is 0 Å². The molecule has 0 aliphatic carbocycles. The van der Waals surface area contributed by atoms with E-state index in [2.05, 4.69) is 20.4 Å². The van der Waals surface area contributed by atoms with E-state index in [1.807, 2.05) is 12.1 Å². The lowest BCUT2D eigenvalue weighted by molar-refractivity contribution is 0.0691. The zero-order valence-corrected chi connectivity index (χ0v) is 16.3. The number of aromatic nitrogens is 1. The number of carboxylic acid groups (broad SMARTS) is 1. The smallest absolute Gasteiger partial charge is 0.356 e. The molecule has 1 saturated heterocycles. The highest BCUT2D eigenvalue weighted by atomic mass is 35.5. The third kappa shape index (κ3) is 4.21. The van der Waals surface area contributed by atoms with Crippen LogP contribution in [0.5, 0.6) is 0 Å². The largest absolute Gasteiger partial charge is 0.476 e. The number of hydrazone groups is 1. The van der Waals surface area contributed by atoms with Crippen LogP contribution in [0, 0.1) is 0 Å². The van der Waals surface area contributed by atoms with E-state index in [0.29, 0.717) is 13.2 Å². The summed E-state index contributed by atoms with van der Waals surface area (Å²) in [5.74, 6) is -1.31. The van der Waals surface area contributed by atoms with Crippen LogP contribution in [-0.2, 0) is 4.74 Å². The Morgan fingerprint density at radius 2 is 2.04 bits per heavy atom. The molecule has 0 bridgehead atoms. The Morgan fingerprint density at radius 3 is 2.73 bits per heavy atom. The fraction of sp³-hybridized carbons (Fsp3) is 0.267. The maximum atomic E-state index is 11.2. The lowest BCUT2D eigenvalue weighted by atomic mass is 10.3. The van der Waals surface area contributed by atoms with Gasteiger partial charge in [0.05, 0.1) is 30.1 Å². The van der Waals surface area contributed by atoms with Gasteiger partial charge in [0.25, 0.3) is 0 Å². The molecule has 7 nitrogen and oxygen atoms in total. The van der Waals surface area contributed by atoms with E-state index in [1.165, 1.54) is 0 Å². The van der Waals surface area contributed by atoms with Gasteiger partial charge in [0.2, 0.25) is 0 Å². The molecule has 26 heavy (non-hydrogen) atoms. The number of anilines is 2. The molecule has 0 saturated carbocycles. The van der Waals surface area contributed by atoms with Crippen LogP contribution in [-0.4, -0.2) is 48.6 Å². The van der Waals surface area contributed by atoms with Gasteiger partial charge in [0.1, 0.15) is 10.0 Å². The fourth-order valence-corrected chi connectivity index (χ4v) is 3.88. The van der Waals surface area contributed by atoms with Crippen LogP contribution in [0.3, 0.4) is 0 Å². The van der Waals surface area contributed by atoms with E-state index >= 15 is 0 Å². The van der Waals surface area contributed by atoms with Gasteiger partial charge in [-0.3, -0.25) is 5.43 Å². The number of thiophene rings is 1. The second-order valence-corrected chi connectivity index (χ2v) is 7.41. The maximum Gasteiger partial charge on any atom is 0.356 e. The lowest BCUT2D eigenvalue weighted by Gasteiger charge is -2.27. The molecule has 0 aromatic carbocycles. The predicted molar refractivity (Wildman–Crippen MR) is 105 cm³/mol. The summed E-state index contributed by atoms with van der Waals surface area (Å²) in [5, 5.41) is 14.0.